The number of rotatable bonds is 7. The van der Waals surface area contributed by atoms with Crippen molar-refractivity contribution in [2.24, 2.45) is 0 Å². The molecule has 0 aromatic heterocycles. The quantitative estimate of drug-likeness (QED) is 0.343. The van der Waals surface area contributed by atoms with Gasteiger partial charge >= 0.3 is 12.1 Å². The van der Waals surface area contributed by atoms with Gasteiger partial charge in [0.1, 0.15) is 24.1 Å². The van der Waals surface area contributed by atoms with Gasteiger partial charge in [0.25, 0.3) is 0 Å². The molecule has 12 heteroatoms. The van der Waals surface area contributed by atoms with Crippen molar-refractivity contribution in [1.29, 1.82) is 0 Å². The van der Waals surface area contributed by atoms with Crippen LogP contribution in [0.1, 0.15) is 6.92 Å². The second kappa shape index (κ2) is 10.7. The third-order valence-electron chi connectivity index (χ3n) is 5.27. The first-order valence-corrected chi connectivity index (χ1v) is 10.4. The number of hydrogen-bond acceptors (Lipinski definition) is 9. The van der Waals surface area contributed by atoms with Crippen molar-refractivity contribution in [2.45, 2.75) is 37.6 Å². The van der Waals surface area contributed by atoms with Gasteiger partial charge in [0.2, 0.25) is 0 Å². The SMILES string of the molecule is CCOC(=O)Nc1ccc(N(C)c2ccc(F)cc2)cc1N[C@@H]1O[C@H](C(=O)O)[C@@H](O)[C@H](O)[C@H]1O. The Morgan fingerprint density at radius 3 is 2.29 bits per heavy atom. The van der Waals surface area contributed by atoms with Crippen molar-refractivity contribution in [3.63, 3.8) is 0 Å². The number of carbonyl (C=O) groups excluding carboxylic acids is 1. The van der Waals surface area contributed by atoms with Gasteiger partial charge in [-0.3, -0.25) is 5.32 Å². The van der Waals surface area contributed by atoms with Crippen LogP contribution < -0.4 is 15.5 Å². The number of benzene rings is 2. The average Bonchev–Trinajstić information content (AvgIpc) is 2.80. The van der Waals surface area contributed by atoms with Gasteiger partial charge in [0, 0.05) is 18.4 Å². The Hall–Kier alpha value is -3.45. The summed E-state index contributed by atoms with van der Waals surface area (Å²) < 4.78 is 23.5. The van der Waals surface area contributed by atoms with Crippen LogP contribution in [0.5, 0.6) is 0 Å². The molecule has 1 heterocycles. The summed E-state index contributed by atoms with van der Waals surface area (Å²) in [6, 6.07) is 10.5. The molecule has 0 radical (unpaired) electrons. The van der Waals surface area contributed by atoms with E-state index in [2.05, 4.69) is 10.6 Å². The number of carboxylic acids is 1. The van der Waals surface area contributed by atoms with E-state index in [-0.39, 0.29) is 18.0 Å². The lowest BCUT2D eigenvalue weighted by molar-refractivity contribution is -0.221. The van der Waals surface area contributed by atoms with Crippen LogP contribution in [0.4, 0.5) is 31.9 Å². The third kappa shape index (κ3) is 5.54. The van der Waals surface area contributed by atoms with E-state index in [1.807, 2.05) is 0 Å². The molecule has 184 valence electrons. The largest absolute Gasteiger partial charge is 0.479 e. The minimum Gasteiger partial charge on any atom is -0.479 e. The molecule has 0 saturated carbocycles. The minimum absolute atomic E-state index is 0.120. The van der Waals surface area contributed by atoms with Gasteiger partial charge < -0.3 is 40.1 Å². The number of anilines is 4. The highest BCUT2D eigenvalue weighted by Crippen LogP contribution is 2.33. The summed E-state index contributed by atoms with van der Waals surface area (Å²) in [6.07, 6.45) is -9.36. The number of carbonyl (C=O) groups is 2. The minimum atomic E-state index is -1.85. The zero-order valence-electron chi connectivity index (χ0n) is 18.4. The highest BCUT2D eigenvalue weighted by atomic mass is 19.1. The Bertz CT molecular complexity index is 1020. The van der Waals surface area contributed by atoms with E-state index in [0.717, 1.165) is 0 Å². The zero-order chi connectivity index (χ0) is 25.0. The maximum Gasteiger partial charge on any atom is 0.411 e. The van der Waals surface area contributed by atoms with Gasteiger partial charge in [-0.15, -0.1) is 0 Å². The number of ether oxygens (including phenoxy) is 2. The van der Waals surface area contributed by atoms with Gasteiger partial charge in [-0.2, -0.15) is 0 Å². The first kappa shape index (κ1) is 25.2. The zero-order valence-corrected chi connectivity index (χ0v) is 18.4. The average molecular weight is 479 g/mol. The predicted octanol–water partition coefficient (Wildman–Crippen LogP) is 1.47. The number of aliphatic hydroxyl groups is 3. The molecule has 1 saturated heterocycles. The Labute approximate surface area is 194 Å². The molecule has 1 aliphatic heterocycles. The molecule has 0 aliphatic carbocycles. The van der Waals surface area contributed by atoms with Crippen LogP contribution in [-0.4, -0.2) is 76.8 Å². The topological polar surface area (TPSA) is 161 Å². The number of nitrogens with zero attached hydrogens (tertiary/aromatic N) is 1. The van der Waals surface area contributed by atoms with Crippen molar-refractivity contribution < 1.29 is 43.9 Å². The highest BCUT2D eigenvalue weighted by molar-refractivity contribution is 5.91. The van der Waals surface area contributed by atoms with Gasteiger partial charge in [-0.1, -0.05) is 0 Å². The molecule has 1 aliphatic rings. The van der Waals surface area contributed by atoms with Gasteiger partial charge in [0.05, 0.1) is 18.0 Å². The van der Waals surface area contributed by atoms with Crippen molar-refractivity contribution in [2.75, 3.05) is 29.2 Å². The molecule has 1 fully saturated rings. The summed E-state index contributed by atoms with van der Waals surface area (Å²) in [5.41, 5.74) is 1.62. The van der Waals surface area contributed by atoms with Gasteiger partial charge in [-0.05, 0) is 49.4 Å². The Morgan fingerprint density at radius 2 is 1.68 bits per heavy atom. The van der Waals surface area contributed by atoms with Crippen molar-refractivity contribution in [3.05, 3.63) is 48.3 Å². The molecule has 0 unspecified atom stereocenters. The first-order valence-electron chi connectivity index (χ1n) is 10.4. The number of nitrogens with one attached hydrogen (secondary N) is 2. The molecule has 0 spiro atoms. The van der Waals surface area contributed by atoms with Crippen molar-refractivity contribution >= 4 is 34.8 Å². The number of aliphatic carboxylic acids is 1. The lowest BCUT2D eigenvalue weighted by Gasteiger charge is -2.39. The summed E-state index contributed by atoms with van der Waals surface area (Å²) in [5.74, 6) is -1.93. The molecule has 1 amide bonds. The van der Waals surface area contributed by atoms with Crippen LogP contribution >= 0.6 is 0 Å². The summed E-state index contributed by atoms with van der Waals surface area (Å²) >= 11 is 0. The summed E-state index contributed by atoms with van der Waals surface area (Å²) in [4.78, 5) is 25.1. The van der Waals surface area contributed by atoms with E-state index in [0.29, 0.717) is 11.4 Å². The number of halogens is 1. The molecule has 6 N–H and O–H groups in total. The van der Waals surface area contributed by atoms with Crippen LogP contribution in [0, 0.1) is 5.82 Å². The molecule has 2 aromatic rings. The fourth-order valence-electron chi connectivity index (χ4n) is 3.42. The fourth-order valence-corrected chi connectivity index (χ4v) is 3.42. The van der Waals surface area contributed by atoms with E-state index in [4.69, 9.17) is 9.47 Å². The van der Waals surface area contributed by atoms with Gasteiger partial charge in [0.15, 0.2) is 12.3 Å². The van der Waals surface area contributed by atoms with E-state index >= 15 is 0 Å². The van der Waals surface area contributed by atoms with E-state index < -0.39 is 48.5 Å². The highest BCUT2D eigenvalue weighted by Gasteiger charge is 2.47. The molecule has 5 atom stereocenters. The van der Waals surface area contributed by atoms with Gasteiger partial charge in [-0.25, -0.2) is 14.0 Å². The van der Waals surface area contributed by atoms with Crippen molar-refractivity contribution in [1.82, 2.24) is 0 Å². The van der Waals surface area contributed by atoms with Crippen LogP contribution in [0.3, 0.4) is 0 Å². The molecule has 3 rings (SSSR count). The molecule has 11 nitrogen and oxygen atoms in total. The summed E-state index contributed by atoms with van der Waals surface area (Å²) in [7, 11) is 1.72. The second-order valence-corrected chi connectivity index (χ2v) is 7.54. The number of aliphatic hydroxyl groups excluding tert-OH is 3. The maximum absolute atomic E-state index is 13.3. The van der Waals surface area contributed by atoms with Crippen LogP contribution in [0.25, 0.3) is 0 Å². The number of amides is 1. The Balaban J connectivity index is 1.94. The standard InChI is InChI=1S/C22H26FN3O8/c1-3-33-22(32)25-14-9-8-13(26(2)12-6-4-11(23)5-7-12)10-15(14)24-20-18(29)16(27)17(28)19(34-20)21(30)31/h4-10,16-20,24,27-29H,3H2,1-2H3,(H,25,32)(H,30,31)/t16-,17-,18+,19-,20+/m0/s1. The number of carboxylic acid groups (broad SMARTS) is 1. The van der Waals surface area contributed by atoms with Crippen LogP contribution in [0.2, 0.25) is 0 Å². The molecular formula is C22H26FN3O8. The smallest absolute Gasteiger partial charge is 0.411 e. The Morgan fingerprint density at radius 1 is 1.03 bits per heavy atom. The lowest BCUT2D eigenvalue weighted by Crippen LogP contribution is -2.61. The molecule has 2 aromatic carbocycles. The second-order valence-electron chi connectivity index (χ2n) is 7.54. The molecule has 34 heavy (non-hydrogen) atoms. The third-order valence-corrected chi connectivity index (χ3v) is 5.27. The van der Waals surface area contributed by atoms with Crippen LogP contribution in [0.15, 0.2) is 42.5 Å². The van der Waals surface area contributed by atoms with Crippen molar-refractivity contribution in [3.8, 4) is 0 Å². The summed E-state index contributed by atoms with van der Waals surface area (Å²) in [5, 5.41) is 44.9. The maximum atomic E-state index is 13.3. The molecule has 0 bridgehead atoms. The van der Waals surface area contributed by atoms with E-state index in [1.54, 1.807) is 43.1 Å². The first-order chi connectivity index (χ1) is 16.1. The number of hydrogen-bond donors (Lipinski definition) is 6. The van der Waals surface area contributed by atoms with E-state index in [9.17, 15) is 34.4 Å². The normalized spacial score (nSPS) is 24.2. The van der Waals surface area contributed by atoms with E-state index in [1.165, 1.54) is 18.2 Å². The summed E-state index contributed by atoms with van der Waals surface area (Å²) in [6.45, 7) is 1.75. The monoisotopic (exact) mass is 479 g/mol. The van der Waals surface area contributed by atoms with Crippen LogP contribution in [-0.2, 0) is 14.3 Å². The lowest BCUT2D eigenvalue weighted by atomic mass is 9.98. The Kier molecular flexibility index (Phi) is 7.89. The predicted molar refractivity (Wildman–Crippen MR) is 119 cm³/mol. The fraction of sp³-hybridized carbons (Fsp3) is 0.364. The molecular weight excluding hydrogens is 453 g/mol.